The van der Waals surface area contributed by atoms with Gasteiger partial charge in [-0.15, -0.1) is 0 Å². The molecule has 3 heteroatoms. The van der Waals surface area contributed by atoms with Gasteiger partial charge in [0.05, 0.1) is 12.0 Å². The summed E-state index contributed by atoms with van der Waals surface area (Å²) in [5.41, 5.74) is 0. The lowest BCUT2D eigenvalue weighted by Crippen LogP contribution is -2.21. The summed E-state index contributed by atoms with van der Waals surface area (Å²) in [6.07, 6.45) is 1.54. The Labute approximate surface area is 53.3 Å². The Morgan fingerprint density at radius 1 is 1.44 bits per heavy atom. The van der Waals surface area contributed by atoms with Crippen molar-refractivity contribution in [1.82, 2.24) is 0 Å². The Balaban J connectivity index is 2.49. The standard InChI is InChI=1S/C6H10O3/c7-5-3-1-2-4(5)6(8)9/h4-5,7H,1-3H2,(H,8,9)/t4-,5-/m1/s1. The lowest BCUT2D eigenvalue weighted by Gasteiger charge is -2.06. The van der Waals surface area contributed by atoms with E-state index in [1.54, 1.807) is 0 Å². The van der Waals surface area contributed by atoms with Crippen molar-refractivity contribution in [3.8, 4) is 0 Å². The largest absolute Gasteiger partial charge is 0.481 e. The van der Waals surface area contributed by atoms with Crippen LogP contribution < -0.4 is 0 Å². The SMILES string of the molecule is O=C(O)[C@@H]1CCC[C@H]1O. The fourth-order valence-electron chi connectivity index (χ4n) is 1.23. The molecular weight excluding hydrogens is 120 g/mol. The number of rotatable bonds is 1. The van der Waals surface area contributed by atoms with Crippen LogP contribution in [0.4, 0.5) is 0 Å². The summed E-state index contributed by atoms with van der Waals surface area (Å²) < 4.78 is 0. The van der Waals surface area contributed by atoms with Crippen molar-refractivity contribution in [2.24, 2.45) is 5.92 Å². The lowest BCUT2D eigenvalue weighted by molar-refractivity contribution is -0.144. The topological polar surface area (TPSA) is 57.5 Å². The molecule has 0 spiro atoms. The molecular formula is C6H10O3. The van der Waals surface area contributed by atoms with Crippen LogP contribution >= 0.6 is 0 Å². The van der Waals surface area contributed by atoms with Gasteiger partial charge in [0.1, 0.15) is 0 Å². The van der Waals surface area contributed by atoms with Crippen molar-refractivity contribution in [2.75, 3.05) is 0 Å². The lowest BCUT2D eigenvalue weighted by atomic mass is 10.1. The summed E-state index contributed by atoms with van der Waals surface area (Å²) >= 11 is 0. The first-order chi connectivity index (χ1) is 4.22. The number of aliphatic hydroxyl groups is 1. The van der Waals surface area contributed by atoms with E-state index in [2.05, 4.69) is 0 Å². The van der Waals surface area contributed by atoms with E-state index < -0.39 is 18.0 Å². The molecule has 9 heavy (non-hydrogen) atoms. The molecule has 1 fully saturated rings. The van der Waals surface area contributed by atoms with Crippen LogP contribution in [0.25, 0.3) is 0 Å². The molecule has 0 unspecified atom stereocenters. The van der Waals surface area contributed by atoms with E-state index in [0.717, 1.165) is 6.42 Å². The van der Waals surface area contributed by atoms with Gasteiger partial charge < -0.3 is 10.2 Å². The Kier molecular flexibility index (Phi) is 1.71. The summed E-state index contributed by atoms with van der Waals surface area (Å²) in [5, 5.41) is 17.4. The number of carboxylic acids is 1. The van der Waals surface area contributed by atoms with Gasteiger partial charge in [-0.1, -0.05) is 0 Å². The molecule has 0 saturated heterocycles. The van der Waals surface area contributed by atoms with Gasteiger partial charge in [-0.3, -0.25) is 4.79 Å². The molecule has 0 amide bonds. The first kappa shape index (κ1) is 6.55. The average Bonchev–Trinajstić information content (AvgIpc) is 2.13. The van der Waals surface area contributed by atoms with Crippen molar-refractivity contribution in [2.45, 2.75) is 25.4 Å². The number of hydrogen-bond acceptors (Lipinski definition) is 2. The zero-order valence-electron chi connectivity index (χ0n) is 5.08. The highest BCUT2D eigenvalue weighted by Gasteiger charge is 2.30. The van der Waals surface area contributed by atoms with Crippen LogP contribution in [0.3, 0.4) is 0 Å². The molecule has 0 aromatic carbocycles. The second-order valence-corrected chi connectivity index (χ2v) is 2.44. The first-order valence-corrected chi connectivity index (χ1v) is 3.12. The number of aliphatic carboxylic acids is 1. The summed E-state index contributed by atoms with van der Waals surface area (Å²) in [6, 6.07) is 0. The molecule has 2 N–H and O–H groups in total. The van der Waals surface area contributed by atoms with Gasteiger partial charge in [0.25, 0.3) is 0 Å². The van der Waals surface area contributed by atoms with Crippen LogP contribution in [0.15, 0.2) is 0 Å². The Hall–Kier alpha value is -0.570. The highest BCUT2D eigenvalue weighted by atomic mass is 16.4. The second-order valence-electron chi connectivity index (χ2n) is 2.44. The molecule has 2 atom stereocenters. The summed E-state index contributed by atoms with van der Waals surface area (Å²) in [5.74, 6) is -1.36. The van der Waals surface area contributed by atoms with E-state index in [1.807, 2.05) is 0 Å². The minimum absolute atomic E-state index is 0.495. The number of carboxylic acid groups (broad SMARTS) is 1. The molecule has 1 aliphatic carbocycles. The van der Waals surface area contributed by atoms with Gasteiger partial charge in [0, 0.05) is 0 Å². The zero-order chi connectivity index (χ0) is 6.85. The van der Waals surface area contributed by atoms with Crippen molar-refractivity contribution < 1.29 is 15.0 Å². The Morgan fingerprint density at radius 2 is 2.11 bits per heavy atom. The third kappa shape index (κ3) is 1.21. The van der Waals surface area contributed by atoms with Gasteiger partial charge in [-0.2, -0.15) is 0 Å². The molecule has 0 aromatic rings. The quantitative estimate of drug-likeness (QED) is 0.534. The van der Waals surface area contributed by atoms with E-state index in [9.17, 15) is 4.79 Å². The number of carbonyl (C=O) groups is 1. The van der Waals surface area contributed by atoms with E-state index >= 15 is 0 Å². The minimum Gasteiger partial charge on any atom is -0.481 e. The predicted molar refractivity (Wildman–Crippen MR) is 31.0 cm³/mol. The van der Waals surface area contributed by atoms with Crippen LogP contribution in [-0.4, -0.2) is 22.3 Å². The normalized spacial score (nSPS) is 34.8. The van der Waals surface area contributed by atoms with Crippen molar-refractivity contribution in [3.05, 3.63) is 0 Å². The van der Waals surface area contributed by atoms with Crippen molar-refractivity contribution >= 4 is 5.97 Å². The maximum Gasteiger partial charge on any atom is 0.309 e. The van der Waals surface area contributed by atoms with Crippen molar-refractivity contribution in [3.63, 3.8) is 0 Å². The number of aliphatic hydroxyl groups excluding tert-OH is 1. The second kappa shape index (κ2) is 2.35. The first-order valence-electron chi connectivity index (χ1n) is 3.12. The summed E-state index contributed by atoms with van der Waals surface area (Å²) in [7, 11) is 0. The zero-order valence-corrected chi connectivity index (χ0v) is 5.08. The van der Waals surface area contributed by atoms with Gasteiger partial charge in [-0.25, -0.2) is 0 Å². The van der Waals surface area contributed by atoms with Crippen LogP contribution in [0.1, 0.15) is 19.3 Å². The Bertz CT molecular complexity index is 121. The van der Waals surface area contributed by atoms with E-state index in [-0.39, 0.29) is 0 Å². The summed E-state index contributed by atoms with van der Waals surface area (Å²) in [4.78, 5) is 10.3. The van der Waals surface area contributed by atoms with Gasteiger partial charge in [0.15, 0.2) is 0 Å². The van der Waals surface area contributed by atoms with Crippen LogP contribution in [0, 0.1) is 5.92 Å². The fourth-order valence-corrected chi connectivity index (χ4v) is 1.23. The van der Waals surface area contributed by atoms with Gasteiger partial charge in [0.2, 0.25) is 0 Å². The van der Waals surface area contributed by atoms with Crippen LogP contribution in [0.2, 0.25) is 0 Å². The average molecular weight is 130 g/mol. The molecule has 1 rings (SSSR count). The maximum absolute atomic E-state index is 10.3. The molecule has 52 valence electrons. The van der Waals surface area contributed by atoms with Crippen LogP contribution in [-0.2, 0) is 4.79 Å². The molecule has 0 aromatic heterocycles. The maximum atomic E-state index is 10.3. The monoisotopic (exact) mass is 130 g/mol. The van der Waals surface area contributed by atoms with Gasteiger partial charge >= 0.3 is 5.97 Å². The highest BCUT2D eigenvalue weighted by Crippen LogP contribution is 2.25. The molecule has 0 aliphatic heterocycles. The smallest absolute Gasteiger partial charge is 0.309 e. The highest BCUT2D eigenvalue weighted by molar-refractivity contribution is 5.71. The van der Waals surface area contributed by atoms with Gasteiger partial charge in [-0.05, 0) is 19.3 Å². The van der Waals surface area contributed by atoms with E-state index in [1.165, 1.54) is 0 Å². The molecule has 0 heterocycles. The molecule has 0 bridgehead atoms. The molecule has 1 saturated carbocycles. The summed E-state index contributed by atoms with van der Waals surface area (Å²) in [6.45, 7) is 0. The minimum atomic E-state index is -0.861. The molecule has 1 aliphatic rings. The fraction of sp³-hybridized carbons (Fsp3) is 0.833. The third-order valence-corrected chi connectivity index (χ3v) is 1.80. The Morgan fingerprint density at radius 3 is 2.33 bits per heavy atom. The third-order valence-electron chi connectivity index (χ3n) is 1.80. The van der Waals surface area contributed by atoms with E-state index in [0.29, 0.717) is 12.8 Å². The molecule has 0 radical (unpaired) electrons. The molecule has 3 nitrogen and oxygen atoms in total. The number of hydrogen-bond donors (Lipinski definition) is 2. The van der Waals surface area contributed by atoms with Crippen molar-refractivity contribution in [1.29, 1.82) is 0 Å². The van der Waals surface area contributed by atoms with Crippen LogP contribution in [0.5, 0.6) is 0 Å². The predicted octanol–water partition coefficient (Wildman–Crippen LogP) is 0.232. The van der Waals surface area contributed by atoms with E-state index in [4.69, 9.17) is 10.2 Å².